The summed E-state index contributed by atoms with van der Waals surface area (Å²) in [6, 6.07) is 17.0. The Balaban J connectivity index is 1.48. The standard InChI is InChI=1S/C32H42N6O4/c1-21(39)18-36-32(2,3)17-29(40)37-27-14-13-26-28(15-16-34-26)38(30(27)41)20-22-9-11-23(12-10-22)25-8-6-5-7-24(25)19-35-31(42)33-4/h5-12,15-16,21,27,34,36,39H,13-14,17-20H2,1-4H3,(H,37,40)(H2,33,35,42)/t21-,27-/m1/s1. The van der Waals surface area contributed by atoms with Crippen LogP contribution < -0.4 is 26.2 Å². The van der Waals surface area contributed by atoms with E-state index in [1.165, 1.54) is 0 Å². The third-order valence-electron chi connectivity index (χ3n) is 7.45. The van der Waals surface area contributed by atoms with Crippen LogP contribution in [-0.2, 0) is 29.1 Å². The SMILES string of the molecule is CNC(=O)NCc1ccccc1-c1ccc(CN2C(=O)[C@H](NC(=O)CC(C)(C)NC[C@@H](C)O)CCc3[nH]ccc32)cc1. The van der Waals surface area contributed by atoms with Crippen LogP contribution in [0.15, 0.2) is 60.8 Å². The highest BCUT2D eigenvalue weighted by Crippen LogP contribution is 2.29. The molecule has 0 fully saturated rings. The van der Waals surface area contributed by atoms with Crippen molar-refractivity contribution in [3.8, 4) is 11.1 Å². The monoisotopic (exact) mass is 574 g/mol. The molecule has 4 rings (SSSR count). The fraction of sp³-hybridized carbons (Fsp3) is 0.406. The average molecular weight is 575 g/mol. The molecule has 224 valence electrons. The Bertz CT molecular complexity index is 1380. The Morgan fingerprint density at radius 1 is 1.12 bits per heavy atom. The summed E-state index contributed by atoms with van der Waals surface area (Å²) in [5, 5.41) is 21.2. The first-order chi connectivity index (χ1) is 20.1. The number of aliphatic hydroxyl groups is 1. The van der Waals surface area contributed by atoms with Gasteiger partial charge in [-0.25, -0.2) is 4.79 Å². The fourth-order valence-electron chi connectivity index (χ4n) is 5.19. The van der Waals surface area contributed by atoms with E-state index in [4.69, 9.17) is 0 Å². The first-order valence-corrected chi connectivity index (χ1v) is 14.4. The molecule has 6 N–H and O–H groups in total. The van der Waals surface area contributed by atoms with Crippen molar-refractivity contribution in [3.05, 3.63) is 77.6 Å². The summed E-state index contributed by atoms with van der Waals surface area (Å²) in [5.74, 6) is -0.359. The van der Waals surface area contributed by atoms with E-state index in [9.17, 15) is 19.5 Å². The number of aliphatic hydroxyl groups excluding tert-OH is 1. The number of carbonyl (C=O) groups is 3. The zero-order valence-corrected chi connectivity index (χ0v) is 24.8. The molecule has 1 aromatic heterocycles. The van der Waals surface area contributed by atoms with Crippen molar-refractivity contribution in [2.45, 2.75) is 70.8 Å². The molecular weight excluding hydrogens is 532 g/mol. The predicted molar refractivity (Wildman–Crippen MR) is 164 cm³/mol. The molecule has 0 aliphatic carbocycles. The third-order valence-corrected chi connectivity index (χ3v) is 7.45. The van der Waals surface area contributed by atoms with E-state index in [0.29, 0.717) is 32.5 Å². The summed E-state index contributed by atoms with van der Waals surface area (Å²) < 4.78 is 0. The molecule has 0 bridgehead atoms. The summed E-state index contributed by atoms with van der Waals surface area (Å²) in [6.07, 6.45) is 2.63. The van der Waals surface area contributed by atoms with E-state index in [1.54, 1.807) is 18.9 Å². The third kappa shape index (κ3) is 7.98. The Labute approximate surface area is 247 Å². The van der Waals surface area contributed by atoms with E-state index < -0.39 is 17.7 Å². The van der Waals surface area contributed by atoms with Gasteiger partial charge in [0.25, 0.3) is 0 Å². The summed E-state index contributed by atoms with van der Waals surface area (Å²) in [6.45, 7) is 6.64. The quantitative estimate of drug-likeness (QED) is 0.209. The molecule has 2 aromatic carbocycles. The van der Waals surface area contributed by atoms with Crippen molar-refractivity contribution in [3.63, 3.8) is 0 Å². The summed E-state index contributed by atoms with van der Waals surface area (Å²) >= 11 is 0. The first-order valence-electron chi connectivity index (χ1n) is 14.4. The lowest BCUT2D eigenvalue weighted by atomic mass is 9.98. The Morgan fingerprint density at radius 2 is 1.86 bits per heavy atom. The lowest BCUT2D eigenvalue weighted by molar-refractivity contribution is -0.128. The molecule has 1 aliphatic heterocycles. The lowest BCUT2D eigenvalue weighted by Crippen LogP contribution is -2.51. The molecule has 2 atom stereocenters. The molecule has 42 heavy (non-hydrogen) atoms. The van der Waals surface area contributed by atoms with Crippen LogP contribution in [0.3, 0.4) is 0 Å². The van der Waals surface area contributed by atoms with Crippen LogP contribution in [0.5, 0.6) is 0 Å². The number of aromatic amines is 1. The minimum atomic E-state index is -0.648. The molecule has 4 amide bonds. The van der Waals surface area contributed by atoms with Gasteiger partial charge in [0.1, 0.15) is 6.04 Å². The van der Waals surface area contributed by atoms with E-state index in [0.717, 1.165) is 33.6 Å². The van der Waals surface area contributed by atoms with Gasteiger partial charge in [0, 0.05) is 44.0 Å². The largest absolute Gasteiger partial charge is 0.392 e. The Kier molecular flexibility index (Phi) is 10.0. The molecular formula is C32H42N6O4. The van der Waals surface area contributed by atoms with Gasteiger partial charge in [-0.2, -0.15) is 0 Å². The summed E-state index contributed by atoms with van der Waals surface area (Å²) in [5.41, 5.74) is 5.24. The summed E-state index contributed by atoms with van der Waals surface area (Å²) in [7, 11) is 1.58. The maximum Gasteiger partial charge on any atom is 0.314 e. The van der Waals surface area contributed by atoms with Gasteiger partial charge in [-0.05, 0) is 61.9 Å². The summed E-state index contributed by atoms with van der Waals surface area (Å²) in [4.78, 5) is 43.5. The van der Waals surface area contributed by atoms with Crippen LogP contribution >= 0.6 is 0 Å². The van der Waals surface area contributed by atoms with Gasteiger partial charge < -0.3 is 36.3 Å². The van der Waals surface area contributed by atoms with Crippen LogP contribution in [-0.4, -0.2) is 59.2 Å². The van der Waals surface area contributed by atoms with Gasteiger partial charge in [0.2, 0.25) is 11.8 Å². The van der Waals surface area contributed by atoms with Crippen molar-refractivity contribution >= 4 is 23.5 Å². The zero-order chi connectivity index (χ0) is 30.3. The molecule has 2 heterocycles. The van der Waals surface area contributed by atoms with Crippen LogP contribution in [0, 0.1) is 0 Å². The van der Waals surface area contributed by atoms with Crippen LogP contribution in [0.4, 0.5) is 10.5 Å². The van der Waals surface area contributed by atoms with Crippen molar-refractivity contribution in [2.24, 2.45) is 0 Å². The molecule has 1 aliphatic rings. The maximum absolute atomic E-state index is 13.8. The minimum Gasteiger partial charge on any atom is -0.392 e. The number of aryl methyl sites for hydroxylation is 1. The number of amides is 4. The van der Waals surface area contributed by atoms with Crippen molar-refractivity contribution in [2.75, 3.05) is 18.5 Å². The topological polar surface area (TPSA) is 139 Å². The highest BCUT2D eigenvalue weighted by atomic mass is 16.3. The number of benzene rings is 2. The van der Waals surface area contributed by atoms with Gasteiger partial charge in [-0.3, -0.25) is 9.59 Å². The van der Waals surface area contributed by atoms with Crippen LogP contribution in [0.2, 0.25) is 0 Å². The van der Waals surface area contributed by atoms with E-state index in [2.05, 4.69) is 26.3 Å². The fourth-order valence-corrected chi connectivity index (χ4v) is 5.19. The number of hydrogen-bond donors (Lipinski definition) is 6. The normalized spacial score (nSPS) is 15.9. The van der Waals surface area contributed by atoms with Crippen LogP contribution in [0.1, 0.15) is 50.4 Å². The number of H-pyrrole nitrogens is 1. The number of anilines is 1. The average Bonchev–Trinajstić information content (AvgIpc) is 3.40. The number of fused-ring (bicyclic) bond motifs is 1. The molecule has 10 heteroatoms. The number of nitrogens with zero attached hydrogens (tertiary/aromatic N) is 1. The number of aromatic nitrogens is 1. The highest BCUT2D eigenvalue weighted by molar-refractivity contribution is 6.00. The van der Waals surface area contributed by atoms with Gasteiger partial charge in [0.05, 0.1) is 18.3 Å². The van der Waals surface area contributed by atoms with Gasteiger partial charge in [-0.15, -0.1) is 0 Å². The van der Waals surface area contributed by atoms with Crippen molar-refractivity contribution in [1.82, 2.24) is 26.3 Å². The van der Waals surface area contributed by atoms with E-state index >= 15 is 0 Å². The molecule has 0 saturated heterocycles. The lowest BCUT2D eigenvalue weighted by Gasteiger charge is -2.29. The van der Waals surface area contributed by atoms with Crippen molar-refractivity contribution < 1.29 is 19.5 Å². The first kappa shape index (κ1) is 30.8. The number of carbonyl (C=O) groups excluding carboxylic acids is 3. The van der Waals surface area contributed by atoms with Crippen molar-refractivity contribution in [1.29, 1.82) is 0 Å². The Morgan fingerprint density at radius 3 is 2.57 bits per heavy atom. The second kappa shape index (κ2) is 13.7. The number of hydrogen-bond acceptors (Lipinski definition) is 5. The second-order valence-corrected chi connectivity index (χ2v) is 11.5. The highest BCUT2D eigenvalue weighted by Gasteiger charge is 2.33. The molecule has 3 aromatic rings. The van der Waals surface area contributed by atoms with Crippen LogP contribution in [0.25, 0.3) is 11.1 Å². The number of β-amino-alcohol motifs (C(OH)–C–C–N with tert-alkyl or cyclic N) is 1. The minimum absolute atomic E-state index is 0.147. The maximum atomic E-state index is 13.8. The smallest absolute Gasteiger partial charge is 0.314 e. The predicted octanol–water partition coefficient (Wildman–Crippen LogP) is 3.21. The zero-order valence-electron chi connectivity index (χ0n) is 24.8. The number of nitrogens with one attached hydrogen (secondary N) is 5. The molecule has 0 radical (unpaired) electrons. The van der Waals surface area contributed by atoms with E-state index in [-0.39, 0.29) is 24.3 Å². The van der Waals surface area contributed by atoms with E-state index in [1.807, 2.05) is 74.6 Å². The number of urea groups is 1. The second-order valence-electron chi connectivity index (χ2n) is 11.5. The molecule has 10 nitrogen and oxygen atoms in total. The Hall–Kier alpha value is -4.15. The van der Waals surface area contributed by atoms with Gasteiger partial charge >= 0.3 is 6.03 Å². The molecule has 0 spiro atoms. The molecule has 0 saturated carbocycles. The van der Waals surface area contributed by atoms with Gasteiger partial charge in [0.15, 0.2) is 0 Å². The van der Waals surface area contributed by atoms with Gasteiger partial charge in [-0.1, -0.05) is 48.5 Å². The molecule has 0 unspecified atom stereocenters. The number of rotatable bonds is 11.